The molecule has 0 spiro atoms. The molecule has 140 valence electrons. The first kappa shape index (κ1) is 18.7. The Morgan fingerprint density at radius 2 is 2.07 bits per heavy atom. The number of aromatic nitrogens is 2. The molecule has 3 heterocycles. The Hall–Kier alpha value is -3.08. The molecule has 27 heavy (non-hydrogen) atoms. The van der Waals surface area contributed by atoms with Crippen molar-refractivity contribution in [3.63, 3.8) is 0 Å². The van der Waals surface area contributed by atoms with E-state index in [1.165, 1.54) is 18.3 Å². The summed E-state index contributed by atoms with van der Waals surface area (Å²) in [4.78, 5) is 22.6. The van der Waals surface area contributed by atoms with Crippen molar-refractivity contribution in [2.45, 2.75) is 25.8 Å². The molecule has 0 unspecified atom stereocenters. The molecular formula is C19H19F2N5O. The van der Waals surface area contributed by atoms with Crippen molar-refractivity contribution in [2.75, 3.05) is 18.0 Å². The second-order valence-corrected chi connectivity index (χ2v) is 6.35. The normalized spacial score (nSPS) is 14.8. The fourth-order valence-corrected chi connectivity index (χ4v) is 3.05. The Kier molecular flexibility index (Phi) is 5.91. The summed E-state index contributed by atoms with van der Waals surface area (Å²) in [5.74, 6) is 0.575. The van der Waals surface area contributed by atoms with Crippen LogP contribution in [0.25, 0.3) is 0 Å². The number of amides is 1. The van der Waals surface area contributed by atoms with Crippen molar-refractivity contribution in [3.05, 3.63) is 53.5 Å². The monoisotopic (exact) mass is 371 g/mol. The van der Waals surface area contributed by atoms with E-state index >= 15 is 0 Å². The van der Waals surface area contributed by atoms with Gasteiger partial charge in [-0.05, 0) is 37.1 Å². The van der Waals surface area contributed by atoms with E-state index in [0.29, 0.717) is 37.2 Å². The number of nitriles is 1. The average Bonchev–Trinajstić information content (AvgIpc) is 2.72. The summed E-state index contributed by atoms with van der Waals surface area (Å²) in [6.45, 7) is 1.52. The SMILES string of the molecule is N#Cc1ccc(N2CCC(C(=O)NCc3cccc(C(F)F)n3)CC2)nc1. The molecule has 0 radical (unpaired) electrons. The third kappa shape index (κ3) is 4.76. The minimum atomic E-state index is -2.62. The molecule has 2 aromatic rings. The van der Waals surface area contributed by atoms with Gasteiger partial charge in [-0.3, -0.25) is 4.79 Å². The minimum Gasteiger partial charge on any atom is -0.357 e. The van der Waals surface area contributed by atoms with Crippen molar-refractivity contribution in [3.8, 4) is 6.07 Å². The van der Waals surface area contributed by atoms with E-state index in [9.17, 15) is 13.6 Å². The number of hydrogen-bond acceptors (Lipinski definition) is 5. The highest BCUT2D eigenvalue weighted by atomic mass is 19.3. The van der Waals surface area contributed by atoms with Gasteiger partial charge in [-0.25, -0.2) is 18.7 Å². The Balaban J connectivity index is 1.49. The Morgan fingerprint density at radius 3 is 2.70 bits per heavy atom. The van der Waals surface area contributed by atoms with Crippen LogP contribution >= 0.6 is 0 Å². The highest BCUT2D eigenvalue weighted by Crippen LogP contribution is 2.22. The number of halogens is 2. The lowest BCUT2D eigenvalue weighted by Gasteiger charge is -2.32. The third-order valence-electron chi connectivity index (χ3n) is 4.56. The van der Waals surface area contributed by atoms with Crippen molar-refractivity contribution in [2.24, 2.45) is 5.92 Å². The average molecular weight is 371 g/mol. The van der Waals surface area contributed by atoms with Crippen LogP contribution in [-0.2, 0) is 11.3 Å². The van der Waals surface area contributed by atoms with Crippen molar-refractivity contribution in [1.29, 1.82) is 5.26 Å². The number of anilines is 1. The first-order chi connectivity index (χ1) is 13.1. The number of pyridine rings is 2. The standard InChI is InChI=1S/C19H19F2N5O/c20-18(21)16-3-1-2-15(25-16)12-24-19(27)14-6-8-26(9-7-14)17-5-4-13(10-22)11-23-17/h1-5,11,14,18H,6-9,12H2,(H,24,27). The zero-order valence-electron chi connectivity index (χ0n) is 14.6. The number of rotatable bonds is 5. The van der Waals surface area contributed by atoms with Crippen LogP contribution in [0.1, 0.15) is 36.2 Å². The number of hydrogen-bond donors (Lipinski definition) is 1. The van der Waals surface area contributed by atoms with E-state index in [-0.39, 0.29) is 24.1 Å². The summed E-state index contributed by atoms with van der Waals surface area (Å²) in [6, 6.07) is 9.96. The summed E-state index contributed by atoms with van der Waals surface area (Å²) in [5, 5.41) is 11.6. The summed E-state index contributed by atoms with van der Waals surface area (Å²) < 4.78 is 25.4. The molecular weight excluding hydrogens is 352 g/mol. The summed E-state index contributed by atoms with van der Waals surface area (Å²) in [5.41, 5.74) is 0.642. The fraction of sp³-hybridized carbons (Fsp3) is 0.368. The van der Waals surface area contributed by atoms with Crippen molar-refractivity contribution in [1.82, 2.24) is 15.3 Å². The van der Waals surface area contributed by atoms with Crippen LogP contribution in [0.2, 0.25) is 0 Å². The van der Waals surface area contributed by atoms with Crippen molar-refractivity contribution < 1.29 is 13.6 Å². The van der Waals surface area contributed by atoms with Gasteiger partial charge in [0.15, 0.2) is 0 Å². The van der Waals surface area contributed by atoms with E-state index in [4.69, 9.17) is 5.26 Å². The maximum atomic E-state index is 12.7. The zero-order valence-corrected chi connectivity index (χ0v) is 14.6. The van der Waals surface area contributed by atoms with Gasteiger partial charge in [-0.2, -0.15) is 5.26 Å². The highest BCUT2D eigenvalue weighted by Gasteiger charge is 2.25. The molecule has 1 fully saturated rings. The number of piperidine rings is 1. The molecule has 6 nitrogen and oxygen atoms in total. The molecule has 8 heteroatoms. The fourth-order valence-electron chi connectivity index (χ4n) is 3.05. The van der Waals surface area contributed by atoms with E-state index in [0.717, 1.165) is 5.82 Å². The molecule has 0 saturated carbocycles. The molecule has 0 bridgehead atoms. The van der Waals surface area contributed by atoms with Gasteiger partial charge >= 0.3 is 0 Å². The van der Waals surface area contributed by atoms with Crippen LogP contribution < -0.4 is 10.2 Å². The Labute approximate surface area is 155 Å². The number of carbonyl (C=O) groups is 1. The van der Waals surface area contributed by atoms with Gasteiger partial charge in [0.25, 0.3) is 6.43 Å². The Bertz CT molecular complexity index is 827. The first-order valence-electron chi connectivity index (χ1n) is 8.69. The van der Waals surface area contributed by atoms with Gasteiger partial charge < -0.3 is 10.2 Å². The van der Waals surface area contributed by atoms with Gasteiger partial charge in [0.05, 0.1) is 17.8 Å². The molecule has 1 amide bonds. The van der Waals surface area contributed by atoms with Gasteiger partial charge in [0, 0.05) is 25.2 Å². The summed E-state index contributed by atoms with van der Waals surface area (Å²) in [6.07, 6.45) is 0.269. The quantitative estimate of drug-likeness (QED) is 0.874. The predicted molar refractivity (Wildman–Crippen MR) is 94.9 cm³/mol. The molecule has 1 aliphatic heterocycles. The van der Waals surface area contributed by atoms with E-state index in [2.05, 4.69) is 20.2 Å². The van der Waals surface area contributed by atoms with Crippen LogP contribution in [0.4, 0.5) is 14.6 Å². The van der Waals surface area contributed by atoms with Crippen LogP contribution in [0, 0.1) is 17.2 Å². The van der Waals surface area contributed by atoms with Crippen LogP contribution in [0.3, 0.4) is 0 Å². The number of alkyl halides is 2. The van der Waals surface area contributed by atoms with E-state index in [1.807, 2.05) is 6.07 Å². The third-order valence-corrected chi connectivity index (χ3v) is 4.56. The van der Waals surface area contributed by atoms with Gasteiger partial charge in [0.1, 0.15) is 17.6 Å². The van der Waals surface area contributed by atoms with Crippen molar-refractivity contribution >= 4 is 11.7 Å². The molecule has 1 N–H and O–H groups in total. The molecule has 1 saturated heterocycles. The smallest absolute Gasteiger partial charge is 0.280 e. The number of nitrogens with one attached hydrogen (secondary N) is 1. The molecule has 0 aromatic carbocycles. The number of nitrogens with zero attached hydrogens (tertiary/aromatic N) is 4. The van der Waals surface area contributed by atoms with Crippen LogP contribution in [-0.4, -0.2) is 29.0 Å². The molecule has 0 aliphatic carbocycles. The molecule has 0 atom stereocenters. The minimum absolute atomic E-state index is 0.0910. The summed E-state index contributed by atoms with van der Waals surface area (Å²) in [7, 11) is 0. The van der Waals surface area contributed by atoms with Gasteiger partial charge in [0.2, 0.25) is 5.91 Å². The second kappa shape index (κ2) is 8.54. The lowest BCUT2D eigenvalue weighted by molar-refractivity contribution is -0.125. The van der Waals surface area contributed by atoms with Crippen LogP contribution in [0.5, 0.6) is 0 Å². The van der Waals surface area contributed by atoms with Gasteiger partial charge in [-0.15, -0.1) is 0 Å². The summed E-state index contributed by atoms with van der Waals surface area (Å²) >= 11 is 0. The lowest BCUT2D eigenvalue weighted by Crippen LogP contribution is -2.40. The number of carbonyl (C=O) groups excluding carboxylic acids is 1. The van der Waals surface area contributed by atoms with Gasteiger partial charge in [-0.1, -0.05) is 6.07 Å². The maximum Gasteiger partial charge on any atom is 0.280 e. The topological polar surface area (TPSA) is 81.9 Å². The maximum absolute atomic E-state index is 12.7. The largest absolute Gasteiger partial charge is 0.357 e. The van der Waals surface area contributed by atoms with E-state index in [1.54, 1.807) is 18.2 Å². The molecule has 1 aliphatic rings. The molecule has 2 aromatic heterocycles. The second-order valence-electron chi connectivity index (χ2n) is 6.35. The van der Waals surface area contributed by atoms with E-state index < -0.39 is 6.43 Å². The molecule has 3 rings (SSSR count). The highest BCUT2D eigenvalue weighted by molar-refractivity contribution is 5.78. The predicted octanol–water partition coefficient (Wildman–Crippen LogP) is 2.82. The Morgan fingerprint density at radius 1 is 1.30 bits per heavy atom. The van der Waals surface area contributed by atoms with Crippen LogP contribution in [0.15, 0.2) is 36.5 Å². The zero-order chi connectivity index (χ0) is 19.2. The first-order valence-corrected chi connectivity index (χ1v) is 8.69. The lowest BCUT2D eigenvalue weighted by atomic mass is 9.96.